The Morgan fingerprint density at radius 1 is 1.16 bits per heavy atom. The molecule has 154 valence electrons. The van der Waals surface area contributed by atoms with Crippen LogP contribution in [0.3, 0.4) is 0 Å². The van der Waals surface area contributed by atoms with Crippen molar-refractivity contribution in [2.24, 2.45) is 0 Å². The summed E-state index contributed by atoms with van der Waals surface area (Å²) in [4.78, 5) is 11.5. The predicted molar refractivity (Wildman–Crippen MR) is 115 cm³/mol. The number of nitro benzene ring substituents is 1. The fourth-order valence-corrected chi connectivity index (χ4v) is 4.21. The van der Waals surface area contributed by atoms with Crippen LogP contribution in [0.5, 0.6) is 5.75 Å². The summed E-state index contributed by atoms with van der Waals surface area (Å²) in [5.41, 5.74) is 3.64. The number of H-pyrrole nitrogens is 1. The largest absolute Gasteiger partial charge is 0.497 e. The van der Waals surface area contributed by atoms with Crippen molar-refractivity contribution in [2.45, 2.75) is 6.92 Å². The molecule has 0 atom stereocenters. The van der Waals surface area contributed by atoms with Crippen LogP contribution in [0.15, 0.2) is 48.5 Å². The lowest BCUT2D eigenvalue weighted by molar-refractivity contribution is -0.385. The maximum atomic E-state index is 11.3. The zero-order valence-corrected chi connectivity index (χ0v) is 17.3. The van der Waals surface area contributed by atoms with E-state index in [4.69, 9.17) is 4.74 Å². The summed E-state index contributed by atoms with van der Waals surface area (Å²) < 4.78 is 6.81. The molecule has 5 rings (SSSR count). The Hall–Kier alpha value is -4.12. The Bertz CT molecular complexity index is 1420. The maximum absolute atomic E-state index is 11.3. The normalized spacial score (nSPS) is 11.2. The van der Waals surface area contributed by atoms with E-state index in [2.05, 4.69) is 25.5 Å². The van der Waals surface area contributed by atoms with Crippen LogP contribution in [0, 0.1) is 17.0 Å². The topological polar surface area (TPSA) is 124 Å². The minimum atomic E-state index is -0.393. The molecule has 0 fully saturated rings. The Morgan fingerprint density at radius 3 is 2.71 bits per heavy atom. The average molecular weight is 433 g/mol. The monoisotopic (exact) mass is 433 g/mol. The van der Waals surface area contributed by atoms with Crippen LogP contribution in [0.2, 0.25) is 0 Å². The van der Waals surface area contributed by atoms with Crippen LogP contribution in [-0.4, -0.2) is 42.0 Å². The smallest absolute Gasteiger partial charge is 0.273 e. The Labute approximate surface area is 179 Å². The molecule has 0 aliphatic rings. The molecular weight excluding hydrogens is 418 g/mol. The molecule has 0 aliphatic heterocycles. The summed E-state index contributed by atoms with van der Waals surface area (Å²) in [5, 5.41) is 32.3. The second-order valence-electron chi connectivity index (χ2n) is 6.73. The number of ether oxygens (including phenoxy) is 1. The van der Waals surface area contributed by atoms with Gasteiger partial charge < -0.3 is 4.74 Å². The van der Waals surface area contributed by atoms with Gasteiger partial charge in [-0.15, -0.1) is 10.2 Å². The molecule has 0 aliphatic carbocycles. The molecular formula is C20H15N7O3S. The Balaban J connectivity index is 1.53. The van der Waals surface area contributed by atoms with Gasteiger partial charge >= 0.3 is 0 Å². The molecule has 2 aromatic carbocycles. The van der Waals surface area contributed by atoms with Crippen molar-refractivity contribution < 1.29 is 9.66 Å². The Morgan fingerprint density at radius 2 is 1.97 bits per heavy atom. The summed E-state index contributed by atoms with van der Waals surface area (Å²) in [5.74, 6) is 1.28. The fourth-order valence-electron chi connectivity index (χ4n) is 3.29. The average Bonchev–Trinajstić information content (AvgIpc) is 3.49. The number of aromatic nitrogens is 6. The minimum absolute atomic E-state index is 0.0568. The molecule has 1 N–H and O–H groups in total. The van der Waals surface area contributed by atoms with E-state index in [9.17, 15) is 10.1 Å². The highest BCUT2D eigenvalue weighted by atomic mass is 32.1. The van der Waals surface area contributed by atoms with Gasteiger partial charge in [0.1, 0.15) is 16.5 Å². The number of methoxy groups -OCH3 is 1. The molecule has 0 bridgehead atoms. The third-order valence-electron chi connectivity index (χ3n) is 4.93. The first-order chi connectivity index (χ1) is 15.0. The van der Waals surface area contributed by atoms with Crippen LogP contribution >= 0.6 is 11.3 Å². The SMILES string of the molecule is COc1ccc(-c2cc(-c3nnc4sc(-c5cccc([N+](=O)[O-])c5C)nn34)[nH]n2)cc1. The highest BCUT2D eigenvalue weighted by Crippen LogP contribution is 2.33. The summed E-state index contributed by atoms with van der Waals surface area (Å²) in [6.45, 7) is 1.72. The summed E-state index contributed by atoms with van der Waals surface area (Å²) in [6.07, 6.45) is 0. The first-order valence-corrected chi connectivity index (χ1v) is 10.0. The molecule has 5 aromatic rings. The molecule has 0 unspecified atom stereocenters. The fraction of sp³-hybridized carbons (Fsp3) is 0.100. The standard InChI is InChI=1S/C20H15N7O3S/c1-11-14(4-3-5-17(11)27(28)29)19-25-26-18(23-24-20(26)31-19)16-10-15(21-22-16)12-6-8-13(30-2)9-7-12/h3-10H,1-2H3,(H,21,22). The van der Waals surface area contributed by atoms with Crippen LogP contribution in [0.4, 0.5) is 5.69 Å². The van der Waals surface area contributed by atoms with Gasteiger partial charge in [0.25, 0.3) is 5.69 Å². The van der Waals surface area contributed by atoms with E-state index in [1.54, 1.807) is 24.6 Å². The van der Waals surface area contributed by atoms with Gasteiger partial charge in [-0.3, -0.25) is 15.2 Å². The zero-order valence-electron chi connectivity index (χ0n) is 16.4. The molecule has 0 spiro atoms. The van der Waals surface area contributed by atoms with Crippen molar-refractivity contribution in [1.29, 1.82) is 0 Å². The third kappa shape index (κ3) is 3.20. The minimum Gasteiger partial charge on any atom is -0.497 e. The molecule has 0 saturated heterocycles. The lowest BCUT2D eigenvalue weighted by atomic mass is 10.1. The van der Waals surface area contributed by atoms with Crippen molar-refractivity contribution in [3.63, 3.8) is 0 Å². The van der Waals surface area contributed by atoms with E-state index in [1.165, 1.54) is 17.4 Å². The number of benzene rings is 2. The van der Waals surface area contributed by atoms with Crippen molar-refractivity contribution in [1.82, 2.24) is 30.0 Å². The highest BCUT2D eigenvalue weighted by molar-refractivity contribution is 7.19. The van der Waals surface area contributed by atoms with Gasteiger partial charge in [0.05, 0.1) is 17.7 Å². The number of nitrogens with one attached hydrogen (secondary N) is 1. The van der Waals surface area contributed by atoms with E-state index in [0.717, 1.165) is 17.0 Å². The molecule has 0 radical (unpaired) electrons. The van der Waals surface area contributed by atoms with Crippen LogP contribution in [0.1, 0.15) is 5.56 Å². The van der Waals surface area contributed by atoms with Gasteiger partial charge in [-0.1, -0.05) is 23.5 Å². The Kier molecular flexibility index (Phi) is 4.44. The van der Waals surface area contributed by atoms with E-state index in [1.807, 2.05) is 36.4 Å². The quantitative estimate of drug-likeness (QED) is 0.326. The van der Waals surface area contributed by atoms with E-state index in [0.29, 0.717) is 32.6 Å². The number of nitro groups is 1. The van der Waals surface area contributed by atoms with Crippen LogP contribution in [-0.2, 0) is 0 Å². The van der Waals surface area contributed by atoms with E-state index in [-0.39, 0.29) is 5.69 Å². The maximum Gasteiger partial charge on any atom is 0.273 e. The van der Waals surface area contributed by atoms with Gasteiger partial charge in [-0.2, -0.15) is 14.7 Å². The van der Waals surface area contributed by atoms with Gasteiger partial charge in [-0.05, 0) is 37.3 Å². The van der Waals surface area contributed by atoms with Crippen molar-refractivity contribution in [3.8, 4) is 39.1 Å². The molecule has 0 saturated carbocycles. The van der Waals surface area contributed by atoms with Crippen molar-refractivity contribution >= 4 is 22.0 Å². The summed E-state index contributed by atoms with van der Waals surface area (Å²) >= 11 is 1.32. The zero-order chi connectivity index (χ0) is 21.5. The van der Waals surface area contributed by atoms with Gasteiger partial charge in [0, 0.05) is 22.8 Å². The van der Waals surface area contributed by atoms with Gasteiger partial charge in [-0.25, -0.2) is 0 Å². The van der Waals surface area contributed by atoms with Crippen molar-refractivity contribution in [2.75, 3.05) is 7.11 Å². The second-order valence-corrected chi connectivity index (χ2v) is 7.68. The number of nitrogens with zero attached hydrogens (tertiary/aromatic N) is 6. The summed E-state index contributed by atoms with van der Waals surface area (Å²) in [7, 11) is 1.62. The van der Waals surface area contributed by atoms with E-state index >= 15 is 0 Å². The molecule has 3 aromatic heterocycles. The van der Waals surface area contributed by atoms with Crippen molar-refractivity contribution in [3.05, 3.63) is 64.2 Å². The lowest BCUT2D eigenvalue weighted by Gasteiger charge is -2.02. The molecule has 31 heavy (non-hydrogen) atoms. The van der Waals surface area contributed by atoms with Crippen LogP contribution in [0.25, 0.3) is 38.3 Å². The molecule has 3 heterocycles. The molecule has 0 amide bonds. The third-order valence-corrected chi connectivity index (χ3v) is 5.86. The van der Waals surface area contributed by atoms with Crippen LogP contribution < -0.4 is 4.74 Å². The van der Waals surface area contributed by atoms with E-state index < -0.39 is 4.92 Å². The molecule has 10 nitrogen and oxygen atoms in total. The first-order valence-electron chi connectivity index (χ1n) is 9.22. The predicted octanol–water partition coefficient (Wildman–Crippen LogP) is 4.14. The number of aromatic amines is 1. The number of rotatable bonds is 5. The highest BCUT2D eigenvalue weighted by Gasteiger charge is 2.20. The summed E-state index contributed by atoms with van der Waals surface area (Å²) in [6, 6.07) is 14.4. The molecule has 11 heteroatoms. The lowest BCUT2D eigenvalue weighted by Crippen LogP contribution is -1.95. The number of hydrogen-bond donors (Lipinski definition) is 1. The second kappa shape index (κ2) is 7.29. The van der Waals surface area contributed by atoms with Gasteiger partial charge in [0.2, 0.25) is 10.8 Å². The van der Waals surface area contributed by atoms with Gasteiger partial charge in [0.15, 0.2) is 0 Å². The number of fused-ring (bicyclic) bond motifs is 1. The first kappa shape index (κ1) is 18.9. The number of hydrogen-bond acceptors (Lipinski definition) is 8.